The molecule has 1 aromatic rings. The Balaban J connectivity index is 2.93. The highest BCUT2D eigenvalue weighted by Gasteiger charge is 2.14. The molecule has 14 heavy (non-hydrogen) atoms. The monoisotopic (exact) mass is 233 g/mol. The molecule has 0 aliphatic carbocycles. The van der Waals surface area contributed by atoms with Crippen LogP contribution in [0.2, 0.25) is 4.34 Å². The molecule has 0 bridgehead atoms. The highest BCUT2D eigenvalue weighted by Crippen LogP contribution is 2.32. The molecule has 6 heteroatoms. The zero-order valence-corrected chi connectivity index (χ0v) is 9.16. The second-order valence-electron chi connectivity index (χ2n) is 2.47. The highest BCUT2D eigenvalue weighted by molar-refractivity contribution is 7.18. The van der Waals surface area contributed by atoms with E-state index < -0.39 is 5.97 Å². The van der Waals surface area contributed by atoms with Crippen LogP contribution in [0.15, 0.2) is 6.07 Å². The molecule has 0 fully saturated rings. The third-order valence-electron chi connectivity index (χ3n) is 1.38. The molecule has 0 saturated heterocycles. The molecule has 4 nitrogen and oxygen atoms in total. The minimum Gasteiger partial charge on any atom is -0.465 e. The van der Waals surface area contributed by atoms with Crippen LogP contribution in [-0.4, -0.2) is 19.0 Å². The SMILES string of the molecule is COC(=O)c1cc(NC(C)=O)c(Cl)s1. The van der Waals surface area contributed by atoms with Crippen LogP contribution in [0.1, 0.15) is 16.6 Å². The zero-order chi connectivity index (χ0) is 10.7. The molecular weight excluding hydrogens is 226 g/mol. The summed E-state index contributed by atoms with van der Waals surface area (Å²) in [6.07, 6.45) is 0. The van der Waals surface area contributed by atoms with E-state index in [0.717, 1.165) is 11.3 Å². The fraction of sp³-hybridized carbons (Fsp3) is 0.250. The smallest absolute Gasteiger partial charge is 0.348 e. The minimum atomic E-state index is -0.464. The summed E-state index contributed by atoms with van der Waals surface area (Å²) in [5.41, 5.74) is 0.435. The molecule has 1 N–H and O–H groups in total. The van der Waals surface area contributed by atoms with E-state index in [-0.39, 0.29) is 5.91 Å². The van der Waals surface area contributed by atoms with Crippen LogP contribution in [0.3, 0.4) is 0 Å². The normalized spacial score (nSPS) is 9.64. The number of amides is 1. The van der Waals surface area contributed by atoms with Crippen molar-refractivity contribution in [1.82, 2.24) is 0 Å². The largest absolute Gasteiger partial charge is 0.465 e. The molecule has 0 aliphatic rings. The van der Waals surface area contributed by atoms with Crippen molar-refractivity contribution in [3.8, 4) is 0 Å². The van der Waals surface area contributed by atoms with Crippen molar-refractivity contribution in [2.75, 3.05) is 12.4 Å². The standard InChI is InChI=1S/C8H8ClNO3S/c1-4(11)10-5-3-6(8(12)13-2)14-7(5)9/h3H,1-2H3,(H,10,11). The number of thiophene rings is 1. The molecule has 0 radical (unpaired) electrons. The molecule has 0 saturated carbocycles. The minimum absolute atomic E-state index is 0.235. The van der Waals surface area contributed by atoms with Gasteiger partial charge in [0.2, 0.25) is 5.91 Å². The number of carbonyl (C=O) groups excluding carboxylic acids is 2. The summed E-state index contributed by atoms with van der Waals surface area (Å²) in [7, 11) is 1.29. The molecule has 76 valence electrons. The van der Waals surface area contributed by atoms with E-state index >= 15 is 0 Å². The van der Waals surface area contributed by atoms with E-state index in [4.69, 9.17) is 11.6 Å². The summed E-state index contributed by atoms with van der Waals surface area (Å²) >= 11 is 6.85. The average Bonchev–Trinajstić information content (AvgIpc) is 2.46. The quantitative estimate of drug-likeness (QED) is 0.797. The van der Waals surface area contributed by atoms with Crippen LogP contribution in [0.5, 0.6) is 0 Å². The molecule has 0 atom stereocenters. The van der Waals surface area contributed by atoms with E-state index in [2.05, 4.69) is 10.1 Å². The first kappa shape index (κ1) is 11.0. The van der Waals surface area contributed by atoms with Gasteiger partial charge in [0.1, 0.15) is 9.21 Å². The number of esters is 1. The molecule has 1 heterocycles. The lowest BCUT2D eigenvalue weighted by Gasteiger charge is -1.96. The number of halogens is 1. The summed E-state index contributed by atoms with van der Waals surface area (Å²) in [4.78, 5) is 22.2. The highest BCUT2D eigenvalue weighted by atomic mass is 35.5. The Morgan fingerprint density at radius 3 is 2.71 bits per heavy atom. The van der Waals surface area contributed by atoms with E-state index in [9.17, 15) is 9.59 Å². The van der Waals surface area contributed by atoms with Gasteiger partial charge in [-0.1, -0.05) is 11.6 Å². The number of nitrogens with one attached hydrogen (secondary N) is 1. The maximum Gasteiger partial charge on any atom is 0.348 e. The zero-order valence-electron chi connectivity index (χ0n) is 7.59. The van der Waals surface area contributed by atoms with Crippen LogP contribution in [0.25, 0.3) is 0 Å². The van der Waals surface area contributed by atoms with Gasteiger partial charge in [-0.05, 0) is 6.07 Å². The van der Waals surface area contributed by atoms with Crippen molar-refractivity contribution in [3.63, 3.8) is 0 Å². The van der Waals surface area contributed by atoms with Gasteiger partial charge < -0.3 is 10.1 Å². The number of hydrogen-bond acceptors (Lipinski definition) is 4. The molecular formula is C8H8ClNO3S. The molecule has 0 unspecified atom stereocenters. The molecule has 1 aromatic heterocycles. The lowest BCUT2D eigenvalue weighted by Crippen LogP contribution is -2.05. The predicted octanol–water partition coefficient (Wildman–Crippen LogP) is 2.15. The molecule has 0 spiro atoms. The second-order valence-corrected chi connectivity index (χ2v) is 4.13. The van der Waals surface area contributed by atoms with Crippen molar-refractivity contribution in [1.29, 1.82) is 0 Å². The first-order valence-corrected chi connectivity index (χ1v) is 4.89. The Labute approximate surface area is 89.8 Å². The van der Waals surface area contributed by atoms with Gasteiger partial charge in [-0.25, -0.2) is 4.79 Å². The number of rotatable bonds is 2. The van der Waals surface area contributed by atoms with Gasteiger partial charge >= 0.3 is 5.97 Å². The summed E-state index contributed by atoms with van der Waals surface area (Å²) in [5, 5.41) is 2.50. The Hall–Kier alpha value is -1.07. The van der Waals surface area contributed by atoms with Crippen molar-refractivity contribution in [3.05, 3.63) is 15.3 Å². The maximum absolute atomic E-state index is 11.1. The number of anilines is 1. The molecule has 0 aliphatic heterocycles. The summed E-state index contributed by atoms with van der Waals surface area (Å²) in [6, 6.07) is 1.49. The third-order valence-corrected chi connectivity index (χ3v) is 2.72. The van der Waals surface area contributed by atoms with Gasteiger partial charge in [0.25, 0.3) is 0 Å². The third kappa shape index (κ3) is 2.46. The topological polar surface area (TPSA) is 55.4 Å². The van der Waals surface area contributed by atoms with E-state index in [1.165, 1.54) is 20.1 Å². The summed E-state index contributed by atoms with van der Waals surface area (Å²) in [6.45, 7) is 1.37. The van der Waals surface area contributed by atoms with Crippen LogP contribution in [0.4, 0.5) is 5.69 Å². The van der Waals surface area contributed by atoms with Gasteiger partial charge in [0.15, 0.2) is 0 Å². The van der Waals surface area contributed by atoms with Crippen molar-refractivity contribution >= 4 is 40.5 Å². The lowest BCUT2D eigenvalue weighted by atomic mass is 10.4. The van der Waals surface area contributed by atoms with Gasteiger partial charge in [0, 0.05) is 6.92 Å². The van der Waals surface area contributed by atoms with Crippen LogP contribution in [0, 0.1) is 0 Å². The van der Waals surface area contributed by atoms with Gasteiger partial charge in [-0.2, -0.15) is 0 Å². The fourth-order valence-corrected chi connectivity index (χ4v) is 1.95. The van der Waals surface area contributed by atoms with E-state index in [1.54, 1.807) is 0 Å². The Morgan fingerprint density at radius 2 is 2.21 bits per heavy atom. The van der Waals surface area contributed by atoms with E-state index in [0.29, 0.717) is 14.9 Å². The summed E-state index contributed by atoms with van der Waals surface area (Å²) < 4.78 is 4.87. The van der Waals surface area contributed by atoms with E-state index in [1.807, 2.05) is 0 Å². The first-order chi connectivity index (χ1) is 6.54. The molecule has 1 amide bonds. The van der Waals surface area contributed by atoms with Gasteiger partial charge in [-0.15, -0.1) is 11.3 Å². The van der Waals surface area contributed by atoms with Crippen LogP contribution < -0.4 is 5.32 Å². The first-order valence-electron chi connectivity index (χ1n) is 3.70. The van der Waals surface area contributed by atoms with Crippen LogP contribution >= 0.6 is 22.9 Å². The average molecular weight is 234 g/mol. The van der Waals surface area contributed by atoms with Gasteiger partial charge in [0.05, 0.1) is 12.8 Å². The Kier molecular flexibility index (Phi) is 3.49. The predicted molar refractivity (Wildman–Crippen MR) is 55.0 cm³/mol. The van der Waals surface area contributed by atoms with Crippen molar-refractivity contribution in [2.24, 2.45) is 0 Å². The molecule has 0 aromatic carbocycles. The number of methoxy groups -OCH3 is 1. The summed E-state index contributed by atoms with van der Waals surface area (Å²) in [5.74, 6) is -0.699. The number of ether oxygens (including phenoxy) is 1. The maximum atomic E-state index is 11.1. The molecule has 1 rings (SSSR count). The number of carbonyl (C=O) groups is 2. The fourth-order valence-electron chi connectivity index (χ4n) is 0.845. The van der Waals surface area contributed by atoms with Crippen molar-refractivity contribution in [2.45, 2.75) is 6.92 Å². The van der Waals surface area contributed by atoms with Crippen LogP contribution in [-0.2, 0) is 9.53 Å². The van der Waals surface area contributed by atoms with Gasteiger partial charge in [-0.3, -0.25) is 4.79 Å². The lowest BCUT2D eigenvalue weighted by molar-refractivity contribution is -0.114. The Morgan fingerprint density at radius 1 is 1.57 bits per heavy atom. The second kappa shape index (κ2) is 4.43. The number of hydrogen-bond donors (Lipinski definition) is 1. The van der Waals surface area contributed by atoms with Crippen molar-refractivity contribution < 1.29 is 14.3 Å². The Bertz CT molecular complexity index is 375.